The summed E-state index contributed by atoms with van der Waals surface area (Å²) in [6.45, 7) is 2.22. The van der Waals surface area contributed by atoms with Gasteiger partial charge in [-0.05, 0) is 36.4 Å². The second-order valence-corrected chi connectivity index (χ2v) is 6.77. The molecule has 0 saturated heterocycles. The summed E-state index contributed by atoms with van der Waals surface area (Å²) < 4.78 is 5.41. The van der Waals surface area contributed by atoms with Gasteiger partial charge in [0, 0.05) is 18.5 Å². The third-order valence-corrected chi connectivity index (χ3v) is 4.81. The number of nitrogens with two attached hydrogens (primary N) is 1. The summed E-state index contributed by atoms with van der Waals surface area (Å²) in [5.74, 6) is 0.695. The van der Waals surface area contributed by atoms with Crippen LogP contribution >= 0.6 is 24.2 Å². The number of ether oxygens (including phenoxy) is 1. The van der Waals surface area contributed by atoms with Crippen molar-refractivity contribution in [1.82, 2.24) is 4.90 Å². The molecule has 1 atom stereocenters. The molecule has 0 aliphatic rings. The van der Waals surface area contributed by atoms with Crippen LogP contribution < -0.4 is 10.5 Å². The average molecular weight is 381 g/mol. The number of hydrogen-bond donors (Lipinski definition) is 1. The lowest BCUT2D eigenvalue weighted by Gasteiger charge is -2.30. The number of thioether (sulfide) groups is 1. The molecular formula is C19H25ClN2O2S. The standard InChI is InChI=1S/C19H24N2O2S.ClH/c1-19(20,15-8-6-5-7-9-15)18(22)21(2)13-14-10-11-17(24-4)16(12-14)23-3;/h5-12H,13,20H2,1-4H3;1H. The van der Waals surface area contributed by atoms with Crippen LogP contribution in [0.3, 0.4) is 0 Å². The van der Waals surface area contributed by atoms with Crippen molar-refractivity contribution >= 4 is 30.1 Å². The Balaban J connectivity index is 0.00000312. The number of benzene rings is 2. The zero-order valence-corrected chi connectivity index (χ0v) is 16.6. The fourth-order valence-electron chi connectivity index (χ4n) is 2.63. The van der Waals surface area contributed by atoms with E-state index in [1.807, 2.05) is 54.8 Å². The second-order valence-electron chi connectivity index (χ2n) is 5.92. The highest BCUT2D eigenvalue weighted by atomic mass is 35.5. The molecule has 0 fully saturated rings. The molecule has 2 rings (SSSR count). The van der Waals surface area contributed by atoms with Gasteiger partial charge in [-0.3, -0.25) is 4.79 Å². The molecule has 0 heterocycles. The van der Waals surface area contributed by atoms with E-state index in [1.54, 1.807) is 37.7 Å². The van der Waals surface area contributed by atoms with Crippen LogP contribution in [0.4, 0.5) is 0 Å². The maximum absolute atomic E-state index is 12.8. The van der Waals surface area contributed by atoms with E-state index < -0.39 is 5.54 Å². The third kappa shape index (κ3) is 4.91. The molecule has 0 aliphatic carbocycles. The number of amides is 1. The van der Waals surface area contributed by atoms with Crippen molar-refractivity contribution in [3.63, 3.8) is 0 Å². The highest BCUT2D eigenvalue weighted by molar-refractivity contribution is 7.98. The van der Waals surface area contributed by atoms with E-state index in [0.717, 1.165) is 21.8 Å². The molecule has 4 nitrogen and oxygen atoms in total. The first-order valence-corrected chi connectivity index (χ1v) is 8.93. The Morgan fingerprint density at radius 3 is 2.44 bits per heavy atom. The van der Waals surface area contributed by atoms with Crippen LogP contribution in [-0.2, 0) is 16.9 Å². The predicted octanol–water partition coefficient (Wildman–Crippen LogP) is 3.67. The maximum atomic E-state index is 12.8. The van der Waals surface area contributed by atoms with Crippen molar-refractivity contribution in [1.29, 1.82) is 0 Å². The lowest BCUT2D eigenvalue weighted by molar-refractivity contribution is -0.136. The number of methoxy groups -OCH3 is 1. The Hall–Kier alpha value is -1.69. The molecule has 2 N–H and O–H groups in total. The van der Waals surface area contributed by atoms with Gasteiger partial charge in [0.05, 0.1) is 7.11 Å². The van der Waals surface area contributed by atoms with Crippen LogP contribution in [0.2, 0.25) is 0 Å². The van der Waals surface area contributed by atoms with Crippen LogP contribution in [0.25, 0.3) is 0 Å². The monoisotopic (exact) mass is 380 g/mol. The van der Waals surface area contributed by atoms with Gasteiger partial charge in [-0.25, -0.2) is 0 Å². The molecule has 0 spiro atoms. The minimum atomic E-state index is -1.06. The van der Waals surface area contributed by atoms with Crippen molar-refractivity contribution < 1.29 is 9.53 Å². The topological polar surface area (TPSA) is 55.6 Å². The van der Waals surface area contributed by atoms with Gasteiger partial charge in [0.1, 0.15) is 11.3 Å². The van der Waals surface area contributed by atoms with Crippen LogP contribution in [0.15, 0.2) is 53.4 Å². The van der Waals surface area contributed by atoms with E-state index in [1.165, 1.54) is 0 Å². The van der Waals surface area contributed by atoms with Crippen LogP contribution in [0, 0.1) is 0 Å². The summed E-state index contributed by atoms with van der Waals surface area (Å²) in [5, 5.41) is 0. The van der Waals surface area contributed by atoms with Crippen molar-refractivity contribution in [3.05, 3.63) is 59.7 Å². The summed E-state index contributed by atoms with van der Waals surface area (Å²) in [7, 11) is 3.42. The minimum Gasteiger partial charge on any atom is -0.496 e. The molecular weight excluding hydrogens is 356 g/mol. The molecule has 25 heavy (non-hydrogen) atoms. The van der Waals surface area contributed by atoms with Crippen molar-refractivity contribution in [3.8, 4) is 5.75 Å². The number of carbonyl (C=O) groups excluding carboxylic acids is 1. The van der Waals surface area contributed by atoms with Gasteiger partial charge in [-0.1, -0.05) is 36.4 Å². The molecule has 136 valence electrons. The van der Waals surface area contributed by atoms with Crippen molar-refractivity contribution in [2.45, 2.75) is 23.9 Å². The first-order chi connectivity index (χ1) is 11.4. The lowest BCUT2D eigenvalue weighted by atomic mass is 9.91. The minimum absolute atomic E-state index is 0. The predicted molar refractivity (Wildman–Crippen MR) is 106 cm³/mol. The molecule has 1 amide bonds. The Bertz CT molecular complexity index is 708. The van der Waals surface area contributed by atoms with Gasteiger partial charge in [0.2, 0.25) is 5.91 Å². The zero-order chi connectivity index (χ0) is 17.7. The normalized spacial score (nSPS) is 12.7. The van der Waals surface area contributed by atoms with E-state index in [9.17, 15) is 4.79 Å². The quantitative estimate of drug-likeness (QED) is 0.777. The number of hydrogen-bond acceptors (Lipinski definition) is 4. The van der Waals surface area contributed by atoms with Gasteiger partial charge < -0.3 is 15.4 Å². The maximum Gasteiger partial charge on any atom is 0.247 e. The van der Waals surface area contributed by atoms with Gasteiger partial charge in [-0.15, -0.1) is 24.2 Å². The van der Waals surface area contributed by atoms with Crippen LogP contribution in [0.1, 0.15) is 18.1 Å². The van der Waals surface area contributed by atoms with E-state index in [4.69, 9.17) is 10.5 Å². The smallest absolute Gasteiger partial charge is 0.247 e. The molecule has 2 aromatic rings. The van der Waals surface area contributed by atoms with Crippen LogP contribution in [0.5, 0.6) is 5.75 Å². The summed E-state index contributed by atoms with van der Waals surface area (Å²) in [4.78, 5) is 15.5. The van der Waals surface area contributed by atoms with Gasteiger partial charge >= 0.3 is 0 Å². The molecule has 1 unspecified atom stereocenters. The highest BCUT2D eigenvalue weighted by Crippen LogP contribution is 2.29. The molecule has 2 aromatic carbocycles. The largest absolute Gasteiger partial charge is 0.496 e. The van der Waals surface area contributed by atoms with E-state index >= 15 is 0 Å². The fourth-order valence-corrected chi connectivity index (χ4v) is 3.18. The summed E-state index contributed by atoms with van der Waals surface area (Å²) in [6.07, 6.45) is 2.01. The van der Waals surface area contributed by atoms with E-state index in [-0.39, 0.29) is 18.3 Å². The molecule has 0 bridgehead atoms. The van der Waals surface area contributed by atoms with Gasteiger partial charge in [0.15, 0.2) is 0 Å². The molecule has 0 saturated carbocycles. The Kier molecular flexibility index (Phi) is 7.80. The summed E-state index contributed by atoms with van der Waals surface area (Å²) >= 11 is 1.63. The van der Waals surface area contributed by atoms with Crippen molar-refractivity contribution in [2.24, 2.45) is 5.73 Å². The number of nitrogens with zero attached hydrogens (tertiary/aromatic N) is 1. The first kappa shape index (κ1) is 21.4. The SMILES string of the molecule is COc1cc(CN(C)C(=O)C(C)(N)c2ccccc2)ccc1SC.Cl. The number of halogens is 1. The molecule has 6 heteroatoms. The first-order valence-electron chi connectivity index (χ1n) is 7.71. The van der Waals surface area contributed by atoms with Gasteiger partial charge in [0.25, 0.3) is 0 Å². The van der Waals surface area contributed by atoms with Gasteiger partial charge in [-0.2, -0.15) is 0 Å². The summed E-state index contributed by atoms with van der Waals surface area (Å²) in [5.41, 5.74) is 7.07. The third-order valence-electron chi connectivity index (χ3n) is 4.03. The second kappa shape index (κ2) is 9.13. The average Bonchev–Trinajstić information content (AvgIpc) is 2.61. The number of likely N-dealkylation sites (N-methyl/N-ethyl adjacent to an activating group) is 1. The lowest BCUT2D eigenvalue weighted by Crippen LogP contribution is -2.49. The zero-order valence-electron chi connectivity index (χ0n) is 15.0. The van der Waals surface area contributed by atoms with Crippen LogP contribution in [-0.4, -0.2) is 31.2 Å². The Labute approximate surface area is 160 Å². The van der Waals surface area contributed by atoms with E-state index in [2.05, 4.69) is 0 Å². The summed E-state index contributed by atoms with van der Waals surface area (Å²) in [6, 6.07) is 15.4. The van der Waals surface area contributed by atoms with Crippen molar-refractivity contribution in [2.75, 3.05) is 20.4 Å². The Morgan fingerprint density at radius 1 is 1.24 bits per heavy atom. The molecule has 0 aliphatic heterocycles. The molecule has 0 radical (unpaired) electrons. The Morgan fingerprint density at radius 2 is 1.88 bits per heavy atom. The fraction of sp³-hybridized carbons (Fsp3) is 0.316. The number of rotatable bonds is 6. The highest BCUT2D eigenvalue weighted by Gasteiger charge is 2.33. The molecule has 0 aromatic heterocycles. The number of carbonyl (C=O) groups is 1. The van der Waals surface area contributed by atoms with E-state index in [0.29, 0.717) is 6.54 Å².